The van der Waals surface area contributed by atoms with Gasteiger partial charge < -0.3 is 15.2 Å². The van der Waals surface area contributed by atoms with Crippen molar-refractivity contribution in [3.63, 3.8) is 0 Å². The fourth-order valence-electron chi connectivity index (χ4n) is 1.93. The maximum Gasteiger partial charge on any atom is 0.124 e. The molecule has 0 fully saturated rings. The minimum Gasteiger partial charge on any atom is -0.497 e. The van der Waals surface area contributed by atoms with E-state index in [1.165, 1.54) is 5.56 Å². The monoisotopic (exact) mass is 263 g/mol. The fourth-order valence-corrected chi connectivity index (χ4v) is 2.87. The summed E-state index contributed by atoms with van der Waals surface area (Å²) in [5, 5.41) is 2.05. The van der Waals surface area contributed by atoms with Crippen molar-refractivity contribution in [3.8, 4) is 11.5 Å². The van der Waals surface area contributed by atoms with Crippen molar-refractivity contribution in [2.24, 2.45) is 5.73 Å². The summed E-state index contributed by atoms with van der Waals surface area (Å²) in [6.07, 6.45) is 0. The Morgan fingerprint density at radius 1 is 1.17 bits per heavy atom. The number of ether oxygens (including phenoxy) is 2. The van der Waals surface area contributed by atoms with Crippen molar-refractivity contribution < 1.29 is 9.47 Å². The molecule has 18 heavy (non-hydrogen) atoms. The molecule has 1 aromatic heterocycles. The minimum absolute atomic E-state index is 0.185. The zero-order valence-corrected chi connectivity index (χ0v) is 11.6. The van der Waals surface area contributed by atoms with Gasteiger partial charge in [0.2, 0.25) is 0 Å². The summed E-state index contributed by atoms with van der Waals surface area (Å²) < 4.78 is 10.6. The molecule has 0 aliphatic heterocycles. The van der Waals surface area contributed by atoms with Gasteiger partial charge >= 0.3 is 0 Å². The highest BCUT2D eigenvalue weighted by atomic mass is 32.1. The first kappa shape index (κ1) is 12.9. The molecule has 2 rings (SSSR count). The van der Waals surface area contributed by atoms with Crippen LogP contribution in [-0.2, 0) is 0 Å². The van der Waals surface area contributed by atoms with Gasteiger partial charge in [-0.1, -0.05) is 0 Å². The van der Waals surface area contributed by atoms with Crippen LogP contribution in [0.1, 0.15) is 22.0 Å². The molecule has 0 spiro atoms. The Bertz CT molecular complexity index is 536. The Hall–Kier alpha value is -1.52. The first-order chi connectivity index (χ1) is 8.67. The predicted octanol–water partition coefficient (Wildman–Crippen LogP) is 3.12. The lowest BCUT2D eigenvalue weighted by molar-refractivity contribution is 0.397. The van der Waals surface area contributed by atoms with Crippen LogP contribution in [0.15, 0.2) is 29.6 Å². The Morgan fingerprint density at radius 2 is 1.94 bits per heavy atom. The van der Waals surface area contributed by atoms with Gasteiger partial charge in [-0.15, -0.1) is 11.3 Å². The van der Waals surface area contributed by atoms with Gasteiger partial charge in [0, 0.05) is 10.4 Å². The molecule has 1 atom stereocenters. The van der Waals surface area contributed by atoms with Crippen LogP contribution in [0, 0.1) is 6.92 Å². The van der Waals surface area contributed by atoms with Crippen molar-refractivity contribution in [2.45, 2.75) is 13.0 Å². The van der Waals surface area contributed by atoms with Gasteiger partial charge in [0.1, 0.15) is 11.5 Å². The van der Waals surface area contributed by atoms with E-state index < -0.39 is 0 Å². The molecule has 2 aromatic rings. The van der Waals surface area contributed by atoms with E-state index in [4.69, 9.17) is 15.2 Å². The molecular formula is C14H17NO2S. The maximum absolute atomic E-state index is 6.34. The first-order valence-electron chi connectivity index (χ1n) is 5.69. The van der Waals surface area contributed by atoms with E-state index in [-0.39, 0.29) is 6.04 Å². The van der Waals surface area contributed by atoms with E-state index in [1.807, 2.05) is 18.2 Å². The van der Waals surface area contributed by atoms with Crippen LogP contribution < -0.4 is 15.2 Å². The molecule has 1 heterocycles. The molecule has 2 N–H and O–H groups in total. The van der Waals surface area contributed by atoms with Gasteiger partial charge in [-0.2, -0.15) is 0 Å². The van der Waals surface area contributed by atoms with Crippen LogP contribution in [0.4, 0.5) is 0 Å². The van der Waals surface area contributed by atoms with E-state index in [0.717, 1.165) is 21.9 Å². The van der Waals surface area contributed by atoms with Gasteiger partial charge in [0.15, 0.2) is 0 Å². The third-order valence-corrected chi connectivity index (χ3v) is 4.06. The lowest BCUT2D eigenvalue weighted by atomic mass is 10.0. The predicted molar refractivity (Wildman–Crippen MR) is 74.6 cm³/mol. The molecule has 0 saturated carbocycles. The van der Waals surface area contributed by atoms with Gasteiger partial charge in [0.05, 0.1) is 20.3 Å². The van der Waals surface area contributed by atoms with E-state index in [9.17, 15) is 0 Å². The molecule has 0 radical (unpaired) electrons. The molecule has 4 heteroatoms. The summed E-state index contributed by atoms with van der Waals surface area (Å²) in [6, 6.07) is 7.58. The van der Waals surface area contributed by atoms with E-state index in [2.05, 4.69) is 18.4 Å². The largest absolute Gasteiger partial charge is 0.497 e. The second-order valence-corrected chi connectivity index (χ2v) is 5.00. The van der Waals surface area contributed by atoms with Crippen LogP contribution >= 0.6 is 11.3 Å². The molecule has 0 bridgehead atoms. The molecule has 1 unspecified atom stereocenters. The van der Waals surface area contributed by atoms with Crippen LogP contribution in [-0.4, -0.2) is 14.2 Å². The molecule has 0 aliphatic carbocycles. The maximum atomic E-state index is 6.34. The third kappa shape index (κ3) is 2.35. The average Bonchev–Trinajstić information content (AvgIpc) is 2.83. The number of hydrogen-bond donors (Lipinski definition) is 1. The molecule has 0 aliphatic rings. The van der Waals surface area contributed by atoms with Crippen molar-refractivity contribution >= 4 is 11.3 Å². The van der Waals surface area contributed by atoms with Crippen molar-refractivity contribution in [2.75, 3.05) is 14.2 Å². The molecule has 1 aromatic carbocycles. The summed E-state index contributed by atoms with van der Waals surface area (Å²) in [7, 11) is 3.30. The lowest BCUT2D eigenvalue weighted by Crippen LogP contribution is -2.12. The van der Waals surface area contributed by atoms with Crippen molar-refractivity contribution in [1.29, 1.82) is 0 Å². The minimum atomic E-state index is -0.185. The number of hydrogen-bond acceptors (Lipinski definition) is 4. The quantitative estimate of drug-likeness (QED) is 0.921. The summed E-state index contributed by atoms with van der Waals surface area (Å²) in [4.78, 5) is 1.15. The van der Waals surface area contributed by atoms with Gasteiger partial charge in [-0.25, -0.2) is 0 Å². The Labute approximate surface area is 111 Å². The highest BCUT2D eigenvalue weighted by Gasteiger charge is 2.17. The highest BCUT2D eigenvalue weighted by molar-refractivity contribution is 7.10. The van der Waals surface area contributed by atoms with Crippen molar-refractivity contribution in [1.82, 2.24) is 0 Å². The smallest absolute Gasteiger partial charge is 0.124 e. The van der Waals surface area contributed by atoms with E-state index in [1.54, 1.807) is 25.6 Å². The normalized spacial score (nSPS) is 12.2. The zero-order valence-electron chi connectivity index (χ0n) is 10.8. The number of nitrogens with two attached hydrogens (primary N) is 1. The summed E-state index contributed by atoms with van der Waals surface area (Å²) in [6.45, 7) is 2.07. The van der Waals surface area contributed by atoms with Gasteiger partial charge in [-0.3, -0.25) is 0 Å². The topological polar surface area (TPSA) is 44.5 Å². The Morgan fingerprint density at radius 3 is 2.50 bits per heavy atom. The molecular weight excluding hydrogens is 246 g/mol. The number of thiophene rings is 1. The van der Waals surface area contributed by atoms with E-state index >= 15 is 0 Å². The third-order valence-electron chi connectivity index (χ3n) is 2.96. The first-order valence-corrected chi connectivity index (χ1v) is 6.56. The van der Waals surface area contributed by atoms with E-state index in [0.29, 0.717) is 0 Å². The SMILES string of the molecule is COc1ccc(OC)c(C(N)c2sccc2C)c1. The van der Waals surface area contributed by atoms with Crippen LogP contribution in [0.25, 0.3) is 0 Å². The number of benzene rings is 1. The Kier molecular flexibility index (Phi) is 3.89. The zero-order chi connectivity index (χ0) is 13.1. The number of rotatable bonds is 4. The molecule has 96 valence electrons. The van der Waals surface area contributed by atoms with Gasteiger partial charge in [-0.05, 0) is 42.1 Å². The standard InChI is InChI=1S/C14H17NO2S/c1-9-6-7-18-14(9)13(15)11-8-10(16-2)4-5-12(11)17-3/h4-8,13H,15H2,1-3H3. The summed E-state index contributed by atoms with van der Waals surface area (Å²) >= 11 is 1.66. The van der Waals surface area contributed by atoms with Crippen LogP contribution in [0.2, 0.25) is 0 Å². The second-order valence-electron chi connectivity index (χ2n) is 4.05. The van der Waals surface area contributed by atoms with Gasteiger partial charge in [0.25, 0.3) is 0 Å². The summed E-state index contributed by atoms with van der Waals surface area (Å²) in [5.41, 5.74) is 8.49. The summed E-state index contributed by atoms with van der Waals surface area (Å²) in [5.74, 6) is 1.58. The average molecular weight is 263 g/mol. The van der Waals surface area contributed by atoms with Crippen molar-refractivity contribution in [3.05, 3.63) is 45.6 Å². The van der Waals surface area contributed by atoms with Crippen LogP contribution in [0.3, 0.4) is 0 Å². The number of aryl methyl sites for hydroxylation is 1. The fraction of sp³-hybridized carbons (Fsp3) is 0.286. The Balaban J connectivity index is 2.45. The van der Waals surface area contributed by atoms with Crippen LogP contribution in [0.5, 0.6) is 11.5 Å². The second kappa shape index (κ2) is 5.42. The number of methoxy groups -OCH3 is 2. The highest BCUT2D eigenvalue weighted by Crippen LogP contribution is 2.34. The lowest BCUT2D eigenvalue weighted by Gasteiger charge is -2.16. The molecule has 3 nitrogen and oxygen atoms in total. The molecule has 0 saturated heterocycles. The molecule has 0 amide bonds.